The van der Waals surface area contributed by atoms with E-state index < -0.39 is 10.0 Å². The number of halogens is 1. The van der Waals surface area contributed by atoms with E-state index in [1.54, 1.807) is 30.3 Å². The number of hydrogen-bond acceptors (Lipinski definition) is 2. The molecule has 0 aliphatic heterocycles. The summed E-state index contributed by atoms with van der Waals surface area (Å²) in [6.07, 6.45) is 0. The third kappa shape index (κ3) is 3.24. The van der Waals surface area contributed by atoms with Crippen LogP contribution < -0.4 is 4.72 Å². The first kappa shape index (κ1) is 10.9. The van der Waals surface area contributed by atoms with E-state index in [9.17, 15) is 8.42 Å². The van der Waals surface area contributed by atoms with Gasteiger partial charge in [-0.25, -0.2) is 13.1 Å². The summed E-state index contributed by atoms with van der Waals surface area (Å²) in [6.45, 7) is 0.470. The minimum atomic E-state index is -3.28. The Balaban J connectivity index is 2.83. The van der Waals surface area contributed by atoms with Gasteiger partial charge in [0, 0.05) is 11.0 Å². The second kappa shape index (κ2) is 4.92. The number of rotatable bonds is 4. The van der Waals surface area contributed by atoms with Gasteiger partial charge in [-0.2, -0.15) is 0 Å². The van der Waals surface area contributed by atoms with Crippen molar-refractivity contribution < 1.29 is 8.42 Å². The Morgan fingerprint density at radius 3 is 2.38 bits per heavy atom. The van der Waals surface area contributed by atoms with Crippen molar-refractivity contribution in [2.75, 3.05) is 11.0 Å². The van der Waals surface area contributed by atoms with Gasteiger partial charge in [0.2, 0.25) is 10.0 Å². The van der Waals surface area contributed by atoms with E-state index in [-0.39, 0.29) is 0 Å². The minimum Gasteiger partial charge on any atom is -0.210 e. The van der Waals surface area contributed by atoms with Crippen LogP contribution in [0.1, 0.15) is 0 Å². The van der Waals surface area contributed by atoms with Gasteiger partial charge in [0.15, 0.2) is 0 Å². The average molecular weight is 311 g/mol. The van der Waals surface area contributed by atoms with E-state index in [4.69, 9.17) is 0 Å². The summed E-state index contributed by atoms with van der Waals surface area (Å²) in [4.78, 5) is 0.319. The molecule has 0 aromatic heterocycles. The molecular formula is C8H10INO2S. The summed E-state index contributed by atoms with van der Waals surface area (Å²) < 4.78 is 26.2. The number of nitrogens with one attached hydrogen (secondary N) is 1. The predicted molar refractivity (Wildman–Crippen MR) is 60.5 cm³/mol. The normalized spacial score (nSPS) is 11.5. The maximum atomic E-state index is 11.5. The number of hydrogen-bond donors (Lipinski definition) is 1. The van der Waals surface area contributed by atoms with E-state index in [1.807, 2.05) is 0 Å². The molecule has 0 aliphatic rings. The van der Waals surface area contributed by atoms with Crippen molar-refractivity contribution in [1.82, 2.24) is 4.72 Å². The van der Waals surface area contributed by atoms with Crippen LogP contribution in [0.3, 0.4) is 0 Å². The third-order valence-corrected chi connectivity index (χ3v) is 3.46. The van der Waals surface area contributed by atoms with Crippen LogP contribution in [-0.4, -0.2) is 19.4 Å². The van der Waals surface area contributed by atoms with Gasteiger partial charge in [-0.05, 0) is 12.1 Å². The van der Waals surface area contributed by atoms with E-state index in [2.05, 4.69) is 27.3 Å². The van der Waals surface area contributed by atoms with Crippen molar-refractivity contribution in [1.29, 1.82) is 0 Å². The molecule has 5 heteroatoms. The highest BCUT2D eigenvalue weighted by Gasteiger charge is 2.10. The fourth-order valence-corrected chi connectivity index (χ4v) is 2.54. The van der Waals surface area contributed by atoms with Gasteiger partial charge in [-0.1, -0.05) is 40.8 Å². The minimum absolute atomic E-state index is 0.319. The highest BCUT2D eigenvalue weighted by atomic mass is 127. The highest BCUT2D eigenvalue weighted by Crippen LogP contribution is 2.06. The van der Waals surface area contributed by atoms with Gasteiger partial charge in [-0.3, -0.25) is 0 Å². The SMILES string of the molecule is O=S(=O)(NCCI)c1ccccc1. The zero-order valence-electron chi connectivity index (χ0n) is 6.90. The summed E-state index contributed by atoms with van der Waals surface area (Å²) in [6, 6.07) is 8.36. The fraction of sp³-hybridized carbons (Fsp3) is 0.250. The Morgan fingerprint density at radius 1 is 1.23 bits per heavy atom. The molecule has 72 valence electrons. The zero-order chi connectivity index (χ0) is 9.73. The van der Waals surface area contributed by atoms with Gasteiger partial charge in [-0.15, -0.1) is 0 Å². The standard InChI is InChI=1S/C8H10INO2S/c9-6-7-10-13(11,12)8-4-2-1-3-5-8/h1-5,10H,6-7H2. The highest BCUT2D eigenvalue weighted by molar-refractivity contribution is 14.1. The molecule has 0 unspecified atom stereocenters. The Labute approximate surface area is 91.7 Å². The molecule has 0 aliphatic carbocycles. The molecule has 1 aromatic rings. The van der Waals surface area contributed by atoms with E-state index in [0.29, 0.717) is 11.4 Å². The average Bonchev–Trinajstić information content (AvgIpc) is 2.16. The van der Waals surface area contributed by atoms with Crippen molar-refractivity contribution >= 4 is 32.6 Å². The first-order valence-corrected chi connectivity index (χ1v) is 6.78. The van der Waals surface area contributed by atoms with Crippen LogP contribution >= 0.6 is 22.6 Å². The predicted octanol–water partition coefficient (Wildman–Crippen LogP) is 1.40. The van der Waals surface area contributed by atoms with Crippen molar-refractivity contribution in [3.05, 3.63) is 30.3 Å². The quantitative estimate of drug-likeness (QED) is 0.675. The lowest BCUT2D eigenvalue weighted by atomic mass is 10.4. The van der Waals surface area contributed by atoms with Crippen LogP contribution in [0, 0.1) is 0 Å². The molecule has 0 heterocycles. The maximum Gasteiger partial charge on any atom is 0.240 e. The van der Waals surface area contributed by atoms with Gasteiger partial charge in [0.05, 0.1) is 4.90 Å². The van der Waals surface area contributed by atoms with Crippen LogP contribution in [0.2, 0.25) is 0 Å². The van der Waals surface area contributed by atoms with Crippen molar-refractivity contribution in [3.8, 4) is 0 Å². The molecule has 1 rings (SSSR count). The van der Waals surface area contributed by atoms with Gasteiger partial charge < -0.3 is 0 Å². The third-order valence-electron chi connectivity index (χ3n) is 1.44. The Morgan fingerprint density at radius 2 is 1.85 bits per heavy atom. The topological polar surface area (TPSA) is 46.2 Å². The Bertz CT molecular complexity index is 350. The Hall–Kier alpha value is -0.140. The lowest BCUT2D eigenvalue weighted by Gasteiger charge is -2.03. The van der Waals surface area contributed by atoms with Crippen LogP contribution in [0.25, 0.3) is 0 Å². The zero-order valence-corrected chi connectivity index (χ0v) is 9.88. The monoisotopic (exact) mass is 311 g/mol. The first-order valence-electron chi connectivity index (χ1n) is 3.77. The van der Waals surface area contributed by atoms with E-state index in [1.165, 1.54) is 0 Å². The molecule has 0 fully saturated rings. The molecular weight excluding hydrogens is 301 g/mol. The number of benzene rings is 1. The largest absolute Gasteiger partial charge is 0.240 e. The molecule has 0 bridgehead atoms. The van der Waals surface area contributed by atoms with Crippen molar-refractivity contribution in [3.63, 3.8) is 0 Å². The first-order chi connectivity index (χ1) is 6.17. The summed E-state index contributed by atoms with van der Waals surface area (Å²) >= 11 is 2.12. The van der Waals surface area contributed by atoms with Gasteiger partial charge in [0.25, 0.3) is 0 Å². The summed E-state index contributed by atoms with van der Waals surface area (Å²) in [5.41, 5.74) is 0. The number of sulfonamides is 1. The van der Waals surface area contributed by atoms with Crippen molar-refractivity contribution in [2.45, 2.75) is 4.90 Å². The van der Waals surface area contributed by atoms with Gasteiger partial charge in [0.1, 0.15) is 0 Å². The fourth-order valence-electron chi connectivity index (χ4n) is 0.856. The summed E-state index contributed by atoms with van der Waals surface area (Å²) in [5.74, 6) is 0. The lowest BCUT2D eigenvalue weighted by molar-refractivity contribution is 0.584. The van der Waals surface area contributed by atoms with Crippen LogP contribution in [-0.2, 0) is 10.0 Å². The molecule has 0 atom stereocenters. The smallest absolute Gasteiger partial charge is 0.210 e. The molecule has 0 saturated heterocycles. The molecule has 13 heavy (non-hydrogen) atoms. The lowest BCUT2D eigenvalue weighted by Crippen LogP contribution is -2.25. The van der Waals surface area contributed by atoms with Crippen molar-refractivity contribution in [2.24, 2.45) is 0 Å². The van der Waals surface area contributed by atoms with E-state index in [0.717, 1.165) is 4.43 Å². The molecule has 0 radical (unpaired) electrons. The second-order valence-corrected chi connectivity index (χ2v) is 5.25. The maximum absolute atomic E-state index is 11.5. The Kier molecular flexibility index (Phi) is 4.14. The molecule has 3 nitrogen and oxygen atoms in total. The van der Waals surface area contributed by atoms with Gasteiger partial charge >= 0.3 is 0 Å². The number of alkyl halides is 1. The van der Waals surface area contributed by atoms with Crippen LogP contribution in [0.5, 0.6) is 0 Å². The second-order valence-electron chi connectivity index (χ2n) is 2.40. The van der Waals surface area contributed by atoms with E-state index >= 15 is 0 Å². The molecule has 1 N–H and O–H groups in total. The van der Waals surface area contributed by atoms with Crippen LogP contribution in [0.15, 0.2) is 35.2 Å². The molecule has 0 saturated carbocycles. The molecule has 0 amide bonds. The van der Waals surface area contributed by atoms with Crippen LogP contribution in [0.4, 0.5) is 0 Å². The summed E-state index contributed by atoms with van der Waals surface area (Å²) in [5, 5.41) is 0. The molecule has 1 aromatic carbocycles. The summed E-state index contributed by atoms with van der Waals surface area (Å²) in [7, 11) is -3.28. The molecule has 0 spiro atoms.